The van der Waals surface area contributed by atoms with Gasteiger partial charge >= 0.3 is 0 Å². The fraction of sp³-hybridized carbons (Fsp3) is 0.571. The summed E-state index contributed by atoms with van der Waals surface area (Å²) in [5.74, 6) is 2.36. The van der Waals surface area contributed by atoms with Gasteiger partial charge in [0.1, 0.15) is 5.60 Å². The summed E-state index contributed by atoms with van der Waals surface area (Å²) < 4.78 is 0. The molecule has 1 heteroatoms. The molecule has 0 spiro atoms. The number of allylic oxidation sites excluding steroid dienone is 2. The SMILES string of the molecule is C#CC(C)(O)C(CC=C(C)CC)C(=C)C. The summed E-state index contributed by atoms with van der Waals surface area (Å²) in [5, 5.41) is 10.0. The van der Waals surface area contributed by atoms with Gasteiger partial charge in [0.2, 0.25) is 0 Å². The van der Waals surface area contributed by atoms with Crippen molar-refractivity contribution in [3.05, 3.63) is 23.8 Å². The fourth-order valence-electron chi connectivity index (χ4n) is 1.47. The molecule has 0 radical (unpaired) electrons. The predicted octanol–water partition coefficient (Wildman–Crippen LogP) is 3.31. The van der Waals surface area contributed by atoms with E-state index in [1.54, 1.807) is 6.92 Å². The normalized spacial score (nSPS) is 17.7. The Morgan fingerprint density at radius 3 is 2.47 bits per heavy atom. The fourth-order valence-corrected chi connectivity index (χ4v) is 1.47. The molecule has 0 saturated carbocycles. The average Bonchev–Trinajstić information content (AvgIpc) is 2.16. The van der Waals surface area contributed by atoms with Crippen LogP contribution in [-0.2, 0) is 0 Å². The van der Waals surface area contributed by atoms with Crippen LogP contribution in [-0.4, -0.2) is 10.7 Å². The van der Waals surface area contributed by atoms with Crippen molar-refractivity contribution in [3.8, 4) is 12.3 Å². The van der Waals surface area contributed by atoms with E-state index in [1.165, 1.54) is 5.57 Å². The maximum atomic E-state index is 10.0. The van der Waals surface area contributed by atoms with Crippen molar-refractivity contribution in [1.29, 1.82) is 0 Å². The molecule has 1 N–H and O–H groups in total. The minimum absolute atomic E-state index is 0.0657. The Bertz CT molecular complexity index is 289. The molecule has 0 bridgehead atoms. The van der Waals surface area contributed by atoms with E-state index in [1.807, 2.05) is 6.92 Å². The molecule has 0 aromatic heterocycles. The molecule has 0 rings (SSSR count). The Balaban J connectivity index is 4.73. The second kappa shape index (κ2) is 5.78. The maximum Gasteiger partial charge on any atom is 0.129 e. The van der Waals surface area contributed by atoms with E-state index >= 15 is 0 Å². The van der Waals surface area contributed by atoms with E-state index < -0.39 is 5.60 Å². The number of rotatable bonds is 5. The quantitative estimate of drug-likeness (QED) is 0.540. The molecule has 1 nitrogen and oxygen atoms in total. The molecule has 0 amide bonds. The molecule has 0 aromatic rings. The molecule has 0 aliphatic carbocycles. The van der Waals surface area contributed by atoms with Crippen molar-refractivity contribution in [2.45, 2.75) is 46.1 Å². The van der Waals surface area contributed by atoms with E-state index in [0.29, 0.717) is 0 Å². The topological polar surface area (TPSA) is 20.2 Å². The third-order valence-corrected chi connectivity index (χ3v) is 2.83. The van der Waals surface area contributed by atoms with Crippen LogP contribution in [0.4, 0.5) is 0 Å². The van der Waals surface area contributed by atoms with Crippen LogP contribution in [0.3, 0.4) is 0 Å². The number of hydrogen-bond donors (Lipinski definition) is 1. The molecule has 0 aromatic carbocycles. The van der Waals surface area contributed by atoms with Gasteiger partial charge in [-0.1, -0.05) is 36.6 Å². The van der Waals surface area contributed by atoms with E-state index in [-0.39, 0.29) is 5.92 Å². The Hall–Kier alpha value is -1.00. The van der Waals surface area contributed by atoms with Crippen LogP contribution in [0.2, 0.25) is 0 Å². The molecule has 0 fully saturated rings. The predicted molar refractivity (Wildman–Crippen MR) is 66.4 cm³/mol. The Kier molecular flexibility index (Phi) is 5.39. The van der Waals surface area contributed by atoms with Crippen LogP contribution in [0.1, 0.15) is 40.5 Å². The van der Waals surface area contributed by atoms with Gasteiger partial charge in [0.25, 0.3) is 0 Å². The summed E-state index contributed by atoms with van der Waals surface area (Å²) in [6, 6.07) is 0. The first-order valence-electron chi connectivity index (χ1n) is 5.36. The average molecular weight is 206 g/mol. The maximum absolute atomic E-state index is 10.0. The van der Waals surface area contributed by atoms with Crippen molar-refractivity contribution < 1.29 is 5.11 Å². The lowest BCUT2D eigenvalue weighted by Crippen LogP contribution is -2.33. The molecule has 0 heterocycles. The Morgan fingerprint density at radius 1 is 1.60 bits per heavy atom. The third-order valence-electron chi connectivity index (χ3n) is 2.83. The zero-order valence-corrected chi connectivity index (χ0v) is 10.3. The summed E-state index contributed by atoms with van der Waals surface area (Å²) in [4.78, 5) is 0. The van der Waals surface area contributed by atoms with Crippen LogP contribution in [0, 0.1) is 18.3 Å². The Labute approximate surface area is 93.9 Å². The summed E-state index contributed by atoms with van der Waals surface area (Å²) >= 11 is 0. The lowest BCUT2D eigenvalue weighted by Gasteiger charge is -2.28. The summed E-state index contributed by atoms with van der Waals surface area (Å²) in [5.41, 5.74) is 1.14. The van der Waals surface area contributed by atoms with Gasteiger partial charge in [0.15, 0.2) is 0 Å². The number of hydrogen-bond acceptors (Lipinski definition) is 1. The molecule has 2 atom stereocenters. The number of aliphatic hydroxyl groups is 1. The molecule has 15 heavy (non-hydrogen) atoms. The van der Waals surface area contributed by atoms with E-state index in [4.69, 9.17) is 6.42 Å². The largest absolute Gasteiger partial charge is 0.377 e. The van der Waals surface area contributed by atoms with Crippen LogP contribution in [0.25, 0.3) is 0 Å². The van der Waals surface area contributed by atoms with Gasteiger partial charge in [-0.25, -0.2) is 0 Å². The van der Waals surface area contributed by atoms with Gasteiger partial charge in [0.05, 0.1) is 0 Å². The van der Waals surface area contributed by atoms with E-state index in [2.05, 4.69) is 32.4 Å². The summed E-state index contributed by atoms with van der Waals surface area (Å²) in [6.45, 7) is 11.7. The highest BCUT2D eigenvalue weighted by atomic mass is 16.3. The minimum atomic E-state index is -1.10. The van der Waals surface area contributed by atoms with Gasteiger partial charge < -0.3 is 5.11 Å². The van der Waals surface area contributed by atoms with E-state index in [0.717, 1.165) is 18.4 Å². The molecule has 0 aliphatic heterocycles. The van der Waals surface area contributed by atoms with Gasteiger partial charge in [-0.15, -0.1) is 6.42 Å². The zero-order valence-electron chi connectivity index (χ0n) is 10.3. The molecule has 0 saturated heterocycles. The third kappa shape index (κ3) is 4.36. The summed E-state index contributed by atoms with van der Waals surface area (Å²) in [7, 11) is 0. The highest BCUT2D eigenvalue weighted by Gasteiger charge is 2.29. The van der Waals surface area contributed by atoms with Gasteiger partial charge in [-0.2, -0.15) is 0 Å². The lowest BCUT2D eigenvalue weighted by atomic mass is 9.82. The molecule has 0 aliphatic rings. The number of terminal acetylenes is 1. The first kappa shape index (κ1) is 14.0. The van der Waals surface area contributed by atoms with Crippen LogP contribution >= 0.6 is 0 Å². The smallest absolute Gasteiger partial charge is 0.129 e. The van der Waals surface area contributed by atoms with Gasteiger partial charge in [-0.05, 0) is 33.6 Å². The molecule has 2 unspecified atom stereocenters. The Morgan fingerprint density at radius 2 is 2.13 bits per heavy atom. The standard InChI is InChI=1S/C14H22O/c1-7-12(5)9-10-13(11(3)4)14(6,15)8-2/h2,9,13,15H,3,7,10H2,1,4-6H3. The van der Waals surface area contributed by atoms with Crippen molar-refractivity contribution in [3.63, 3.8) is 0 Å². The monoisotopic (exact) mass is 206 g/mol. The second-order valence-electron chi connectivity index (χ2n) is 4.33. The summed E-state index contributed by atoms with van der Waals surface area (Å²) in [6.07, 6.45) is 9.24. The van der Waals surface area contributed by atoms with Crippen molar-refractivity contribution in [2.24, 2.45) is 5.92 Å². The molecular formula is C14H22O. The molecular weight excluding hydrogens is 184 g/mol. The highest BCUT2D eigenvalue weighted by Crippen LogP contribution is 2.27. The van der Waals surface area contributed by atoms with Gasteiger partial charge in [0, 0.05) is 5.92 Å². The van der Waals surface area contributed by atoms with Crippen molar-refractivity contribution in [1.82, 2.24) is 0 Å². The first-order chi connectivity index (χ1) is 6.85. The van der Waals surface area contributed by atoms with E-state index in [9.17, 15) is 5.11 Å². The van der Waals surface area contributed by atoms with Crippen LogP contribution in [0.5, 0.6) is 0 Å². The molecule has 84 valence electrons. The lowest BCUT2D eigenvalue weighted by molar-refractivity contribution is 0.0736. The van der Waals surface area contributed by atoms with Crippen molar-refractivity contribution >= 4 is 0 Å². The van der Waals surface area contributed by atoms with Crippen LogP contribution in [0.15, 0.2) is 23.8 Å². The first-order valence-corrected chi connectivity index (χ1v) is 5.36. The zero-order chi connectivity index (χ0) is 12.1. The second-order valence-corrected chi connectivity index (χ2v) is 4.33. The van der Waals surface area contributed by atoms with Crippen molar-refractivity contribution in [2.75, 3.05) is 0 Å². The highest BCUT2D eigenvalue weighted by molar-refractivity contribution is 5.18. The minimum Gasteiger partial charge on any atom is -0.377 e. The van der Waals surface area contributed by atoms with Crippen LogP contribution < -0.4 is 0 Å². The van der Waals surface area contributed by atoms with Gasteiger partial charge in [-0.3, -0.25) is 0 Å².